The first kappa shape index (κ1) is 45.1. The maximum Gasteiger partial charge on any atom is 0.305 e. The van der Waals surface area contributed by atoms with Crippen LogP contribution in [-0.2, 0) is 34.1 Å². The number of benzene rings is 4. The minimum Gasteiger partial charge on any atom is -0.491 e. The van der Waals surface area contributed by atoms with Crippen molar-refractivity contribution in [3.05, 3.63) is 119 Å². The van der Waals surface area contributed by atoms with Crippen LogP contribution in [0, 0.1) is 24.7 Å². The van der Waals surface area contributed by atoms with Gasteiger partial charge in [-0.15, -0.1) is 12.8 Å². The van der Waals surface area contributed by atoms with Crippen LogP contribution in [0.15, 0.2) is 97.1 Å². The zero-order valence-corrected chi connectivity index (χ0v) is 33.3. The molecular weight excluding hydrogens is 753 g/mol. The Morgan fingerprint density at radius 3 is 1.25 bits per heavy atom. The zero-order chi connectivity index (χ0) is 42.6. The van der Waals surface area contributed by atoms with Crippen LogP contribution in [0.25, 0.3) is 0 Å². The molecule has 0 radical (unpaired) electrons. The van der Waals surface area contributed by atoms with E-state index in [1.807, 2.05) is 24.3 Å². The van der Waals surface area contributed by atoms with Crippen molar-refractivity contribution < 1.29 is 48.3 Å². The monoisotopic (exact) mass is 802 g/mol. The largest absolute Gasteiger partial charge is 0.491 e. The van der Waals surface area contributed by atoms with Crippen LogP contribution in [-0.4, -0.2) is 72.6 Å². The average molecular weight is 803 g/mol. The Balaban J connectivity index is 1.08. The van der Waals surface area contributed by atoms with Crippen molar-refractivity contribution in [2.45, 2.75) is 70.0 Å². The predicted octanol–water partition coefficient (Wildman–Crippen LogP) is 6.16. The van der Waals surface area contributed by atoms with Crippen molar-refractivity contribution in [2.75, 3.05) is 37.1 Å². The van der Waals surface area contributed by atoms with Gasteiger partial charge in [-0.05, 0) is 96.8 Å². The van der Waals surface area contributed by atoms with Gasteiger partial charge in [-0.3, -0.25) is 19.2 Å². The average Bonchev–Trinajstić information content (AvgIpc) is 3.24. The zero-order valence-electron chi connectivity index (χ0n) is 33.3. The first-order chi connectivity index (χ1) is 28.3. The summed E-state index contributed by atoms with van der Waals surface area (Å²) in [4.78, 5) is 48.5. The molecule has 0 saturated carbocycles. The number of aliphatic hydroxyl groups excluding tert-OH is 2. The normalized spacial score (nSPS) is 11.8. The van der Waals surface area contributed by atoms with Gasteiger partial charge in [-0.2, -0.15) is 0 Å². The van der Waals surface area contributed by atoms with Crippen molar-refractivity contribution in [3.63, 3.8) is 0 Å². The van der Waals surface area contributed by atoms with Crippen molar-refractivity contribution in [2.24, 2.45) is 0 Å². The van der Waals surface area contributed by atoms with E-state index in [2.05, 4.69) is 36.3 Å². The van der Waals surface area contributed by atoms with E-state index in [0.29, 0.717) is 46.8 Å². The lowest BCUT2D eigenvalue weighted by molar-refractivity contribution is -0.148. The topological polar surface area (TPSA) is 170 Å². The van der Waals surface area contributed by atoms with E-state index in [-0.39, 0.29) is 69.3 Å². The lowest BCUT2D eigenvalue weighted by Crippen LogP contribution is -2.25. The Labute approximate surface area is 345 Å². The Hall–Kier alpha value is -6.60. The predicted molar refractivity (Wildman–Crippen MR) is 224 cm³/mol. The molecule has 2 unspecified atom stereocenters. The fourth-order valence-electron chi connectivity index (χ4n) is 5.64. The standard InChI is InChI=1S/C47H50N2O10/c1-5-33-13-21-37(22-14-33)48-43(52)9-7-11-45(54)58-31-39(50)29-56-41-25-17-35(18-26-41)47(3,4)36-19-27-42(28-20-36)57-30-40(51)32-59-46(55)12-8-10-44(53)49-38-23-15-34(6-2)16-24-38/h1-2,13-28,39-40,50-51H,7-12,29-32H2,3-4H3,(H,48,52)(H,49,53). The third-order valence-corrected chi connectivity index (χ3v) is 9.15. The summed E-state index contributed by atoms with van der Waals surface area (Å²) in [5.41, 5.74) is 4.28. The Kier molecular flexibility index (Phi) is 17.6. The van der Waals surface area contributed by atoms with Gasteiger partial charge in [0.2, 0.25) is 11.8 Å². The molecule has 0 aliphatic carbocycles. The van der Waals surface area contributed by atoms with Crippen LogP contribution in [0.2, 0.25) is 0 Å². The SMILES string of the molecule is C#Cc1ccc(NC(=O)CCCC(=O)OCC(O)COc2ccc(C(C)(C)c3ccc(OCC(O)COC(=O)CCCC(=O)Nc4ccc(C#C)cc4)cc3)cc2)cc1. The molecule has 12 heteroatoms. The molecule has 308 valence electrons. The number of ether oxygens (including phenoxy) is 4. The van der Waals surface area contributed by atoms with Crippen molar-refractivity contribution in [1.82, 2.24) is 0 Å². The van der Waals surface area contributed by atoms with E-state index in [1.165, 1.54) is 0 Å². The van der Waals surface area contributed by atoms with Gasteiger partial charge in [0.1, 0.15) is 50.1 Å². The van der Waals surface area contributed by atoms with E-state index in [1.54, 1.807) is 72.8 Å². The minimum absolute atomic E-state index is 0.0323. The molecule has 4 rings (SSSR count). The Bertz CT molecular complexity index is 1920. The number of esters is 2. The third-order valence-electron chi connectivity index (χ3n) is 9.15. The fourth-order valence-corrected chi connectivity index (χ4v) is 5.64. The number of carbonyl (C=O) groups excluding carboxylic acids is 4. The molecule has 0 spiro atoms. The molecular formula is C47H50N2O10. The molecule has 59 heavy (non-hydrogen) atoms. The van der Waals surface area contributed by atoms with Gasteiger partial charge in [0.05, 0.1) is 0 Å². The van der Waals surface area contributed by atoms with E-state index < -0.39 is 24.1 Å². The second-order valence-corrected chi connectivity index (χ2v) is 14.2. The van der Waals surface area contributed by atoms with Crippen LogP contribution >= 0.6 is 0 Å². The lowest BCUT2D eigenvalue weighted by atomic mass is 9.78. The number of nitrogens with one attached hydrogen (secondary N) is 2. The molecule has 0 aliphatic heterocycles. The first-order valence-corrected chi connectivity index (χ1v) is 19.2. The second kappa shape index (κ2) is 23.0. The van der Waals surface area contributed by atoms with Gasteiger partial charge in [0, 0.05) is 53.6 Å². The Morgan fingerprint density at radius 2 is 0.915 bits per heavy atom. The number of hydrogen-bond donors (Lipinski definition) is 4. The van der Waals surface area contributed by atoms with Crippen molar-refractivity contribution in [3.8, 4) is 36.2 Å². The van der Waals surface area contributed by atoms with Crippen molar-refractivity contribution in [1.29, 1.82) is 0 Å². The molecule has 0 bridgehead atoms. The highest BCUT2D eigenvalue weighted by Gasteiger charge is 2.23. The number of hydrogen-bond acceptors (Lipinski definition) is 10. The molecule has 0 heterocycles. The summed E-state index contributed by atoms with van der Waals surface area (Å²) in [6, 6.07) is 28.7. The summed E-state index contributed by atoms with van der Waals surface area (Å²) in [7, 11) is 0. The Morgan fingerprint density at radius 1 is 0.559 bits per heavy atom. The van der Waals surface area contributed by atoms with Gasteiger partial charge < -0.3 is 39.8 Å². The first-order valence-electron chi connectivity index (χ1n) is 19.2. The summed E-state index contributed by atoms with van der Waals surface area (Å²) in [6.45, 7) is 3.51. The number of anilines is 2. The summed E-state index contributed by atoms with van der Waals surface area (Å²) in [6.07, 6.45) is 9.52. The third kappa shape index (κ3) is 15.7. The molecule has 4 N–H and O–H groups in total. The number of rotatable bonds is 22. The van der Waals surface area contributed by atoms with Crippen LogP contribution in [0.5, 0.6) is 11.5 Å². The molecule has 2 amide bonds. The molecule has 0 fully saturated rings. The molecule has 0 aromatic heterocycles. The number of amides is 2. The van der Waals surface area contributed by atoms with Gasteiger partial charge in [-0.25, -0.2) is 0 Å². The highest BCUT2D eigenvalue weighted by molar-refractivity contribution is 5.91. The molecule has 4 aromatic carbocycles. The summed E-state index contributed by atoms with van der Waals surface area (Å²) >= 11 is 0. The van der Waals surface area contributed by atoms with E-state index in [9.17, 15) is 29.4 Å². The quantitative estimate of drug-likeness (QED) is 0.0534. The highest BCUT2D eigenvalue weighted by atomic mass is 16.6. The summed E-state index contributed by atoms with van der Waals surface area (Å²) < 4.78 is 21.7. The van der Waals surface area contributed by atoms with Crippen LogP contribution < -0.4 is 20.1 Å². The van der Waals surface area contributed by atoms with E-state index >= 15 is 0 Å². The maximum absolute atomic E-state index is 12.1. The maximum atomic E-state index is 12.1. The molecule has 2 atom stereocenters. The van der Waals surface area contributed by atoms with Crippen LogP contribution in [0.3, 0.4) is 0 Å². The van der Waals surface area contributed by atoms with Crippen LogP contribution in [0.1, 0.15) is 74.6 Å². The van der Waals surface area contributed by atoms with Crippen molar-refractivity contribution >= 4 is 35.1 Å². The smallest absolute Gasteiger partial charge is 0.305 e. The summed E-state index contributed by atoms with van der Waals surface area (Å²) in [5.74, 6) is 4.59. The highest BCUT2D eigenvalue weighted by Crippen LogP contribution is 2.33. The summed E-state index contributed by atoms with van der Waals surface area (Å²) in [5, 5.41) is 26.1. The number of carbonyl (C=O) groups is 4. The lowest BCUT2D eigenvalue weighted by Gasteiger charge is -2.26. The van der Waals surface area contributed by atoms with Gasteiger partial charge in [-0.1, -0.05) is 50.0 Å². The van der Waals surface area contributed by atoms with Crippen LogP contribution in [0.4, 0.5) is 11.4 Å². The fraction of sp³-hybridized carbons (Fsp3) is 0.319. The van der Waals surface area contributed by atoms with Gasteiger partial charge >= 0.3 is 11.9 Å². The van der Waals surface area contributed by atoms with Gasteiger partial charge in [0.25, 0.3) is 0 Å². The molecule has 0 saturated heterocycles. The molecule has 0 aliphatic rings. The molecule has 4 aromatic rings. The van der Waals surface area contributed by atoms with Gasteiger partial charge in [0.15, 0.2) is 0 Å². The molecule has 12 nitrogen and oxygen atoms in total. The number of aliphatic hydroxyl groups is 2. The van der Waals surface area contributed by atoms with E-state index in [4.69, 9.17) is 31.8 Å². The number of terminal acetylenes is 2. The minimum atomic E-state index is -1.04. The second-order valence-electron chi connectivity index (χ2n) is 14.2. The van der Waals surface area contributed by atoms with E-state index in [0.717, 1.165) is 11.1 Å².